The van der Waals surface area contributed by atoms with Crippen LogP contribution in [0.2, 0.25) is 0 Å². The van der Waals surface area contributed by atoms with Gasteiger partial charge < -0.3 is 10.1 Å². The summed E-state index contributed by atoms with van der Waals surface area (Å²) in [6.07, 6.45) is 0. The second-order valence-corrected chi connectivity index (χ2v) is 10.9. The highest BCUT2D eigenvalue weighted by atomic mass is 19.1. The zero-order chi connectivity index (χ0) is 28.3. The number of anilines is 1. The molecule has 0 aromatic heterocycles. The van der Waals surface area contributed by atoms with E-state index in [1.54, 1.807) is 69.3 Å². The van der Waals surface area contributed by atoms with Gasteiger partial charge >= 0.3 is 5.97 Å². The first-order chi connectivity index (χ1) is 17.6. The number of carbonyl (C=O) groups excluding carboxylic acids is 3. The average molecular weight is 523 g/mol. The standard InChI is InChI=1S/C30H32F2N2O4/c1-29(2,3)33-27(36)20-15-13-19(14-16-20)21-9-7-10-22(17-21)34(18-25(35)38-30(4,5)6)28(37)26-23(31)11-8-12-24(26)32/h7-17H,18H2,1-6H3,(H,33,36). The lowest BCUT2D eigenvalue weighted by molar-refractivity contribution is -0.152. The average Bonchev–Trinajstić information content (AvgIpc) is 2.80. The van der Waals surface area contributed by atoms with Gasteiger partial charge in [-0.1, -0.05) is 30.3 Å². The van der Waals surface area contributed by atoms with Gasteiger partial charge in [-0.05, 0) is 89.1 Å². The Labute approximate surface area is 221 Å². The molecule has 3 aromatic rings. The number of nitrogens with zero attached hydrogens (tertiary/aromatic N) is 1. The van der Waals surface area contributed by atoms with Gasteiger partial charge in [0.05, 0.1) is 0 Å². The van der Waals surface area contributed by atoms with Crippen molar-refractivity contribution in [2.75, 3.05) is 11.4 Å². The third-order valence-corrected chi connectivity index (χ3v) is 5.26. The van der Waals surface area contributed by atoms with Gasteiger partial charge in [-0.2, -0.15) is 0 Å². The highest BCUT2D eigenvalue weighted by Crippen LogP contribution is 2.28. The molecule has 0 bridgehead atoms. The van der Waals surface area contributed by atoms with Crippen LogP contribution in [0.25, 0.3) is 11.1 Å². The van der Waals surface area contributed by atoms with Crippen LogP contribution in [0.4, 0.5) is 14.5 Å². The normalized spacial score (nSPS) is 11.6. The van der Waals surface area contributed by atoms with Gasteiger partial charge in [0, 0.05) is 16.8 Å². The van der Waals surface area contributed by atoms with E-state index in [0.717, 1.165) is 28.7 Å². The highest BCUT2D eigenvalue weighted by molar-refractivity contribution is 6.09. The molecule has 2 amide bonds. The molecule has 0 radical (unpaired) electrons. The lowest BCUT2D eigenvalue weighted by Gasteiger charge is -2.26. The van der Waals surface area contributed by atoms with Crippen LogP contribution in [-0.2, 0) is 9.53 Å². The van der Waals surface area contributed by atoms with Gasteiger partial charge in [0.1, 0.15) is 29.3 Å². The number of nitrogens with one attached hydrogen (secondary N) is 1. The van der Waals surface area contributed by atoms with Gasteiger partial charge in [0.15, 0.2) is 0 Å². The molecule has 3 aromatic carbocycles. The van der Waals surface area contributed by atoms with Crippen LogP contribution in [-0.4, -0.2) is 35.5 Å². The molecule has 1 N–H and O–H groups in total. The van der Waals surface area contributed by atoms with E-state index in [4.69, 9.17) is 4.74 Å². The van der Waals surface area contributed by atoms with Crippen molar-refractivity contribution >= 4 is 23.5 Å². The summed E-state index contributed by atoms with van der Waals surface area (Å²) >= 11 is 0. The Balaban J connectivity index is 1.98. The van der Waals surface area contributed by atoms with Crippen molar-refractivity contribution in [3.63, 3.8) is 0 Å². The second kappa shape index (κ2) is 11.1. The van der Waals surface area contributed by atoms with Crippen molar-refractivity contribution in [2.45, 2.75) is 52.7 Å². The monoisotopic (exact) mass is 522 g/mol. The molecule has 0 aliphatic rings. The largest absolute Gasteiger partial charge is 0.459 e. The van der Waals surface area contributed by atoms with Crippen LogP contribution >= 0.6 is 0 Å². The number of ether oxygens (including phenoxy) is 1. The predicted octanol–water partition coefficient (Wildman–Crippen LogP) is 6.15. The molecule has 3 rings (SSSR count). The molecule has 0 saturated carbocycles. The number of rotatable bonds is 6. The van der Waals surface area contributed by atoms with E-state index in [-0.39, 0.29) is 17.1 Å². The molecule has 6 nitrogen and oxygen atoms in total. The topological polar surface area (TPSA) is 75.7 Å². The first-order valence-corrected chi connectivity index (χ1v) is 12.2. The number of hydrogen-bond acceptors (Lipinski definition) is 4. The van der Waals surface area contributed by atoms with E-state index < -0.39 is 41.2 Å². The Kier molecular flexibility index (Phi) is 8.35. The molecule has 0 heterocycles. The van der Waals surface area contributed by atoms with Gasteiger partial charge in [-0.25, -0.2) is 8.78 Å². The van der Waals surface area contributed by atoms with Crippen LogP contribution in [0.1, 0.15) is 62.3 Å². The molecule has 0 unspecified atom stereocenters. The third kappa shape index (κ3) is 7.47. The summed E-state index contributed by atoms with van der Waals surface area (Å²) in [5.74, 6) is -4.03. The number of hydrogen-bond donors (Lipinski definition) is 1. The number of amides is 2. The van der Waals surface area contributed by atoms with Crippen molar-refractivity contribution in [3.8, 4) is 11.1 Å². The van der Waals surface area contributed by atoms with E-state index in [0.29, 0.717) is 11.1 Å². The Morgan fingerprint density at radius 1 is 0.816 bits per heavy atom. The van der Waals surface area contributed by atoms with Crippen LogP contribution in [0.15, 0.2) is 66.7 Å². The van der Waals surface area contributed by atoms with E-state index in [1.807, 2.05) is 20.8 Å². The molecule has 0 aliphatic heterocycles. The van der Waals surface area contributed by atoms with Gasteiger partial charge in [-0.3, -0.25) is 19.3 Å². The molecule has 0 atom stereocenters. The molecule has 0 saturated heterocycles. The molecule has 8 heteroatoms. The minimum atomic E-state index is -1.04. The maximum atomic E-state index is 14.5. The molecule has 0 fully saturated rings. The number of esters is 1. The van der Waals surface area contributed by atoms with Crippen molar-refractivity contribution < 1.29 is 27.9 Å². The molecule has 200 valence electrons. The number of benzene rings is 3. The van der Waals surface area contributed by atoms with Gasteiger partial charge in [0.2, 0.25) is 0 Å². The van der Waals surface area contributed by atoms with Crippen LogP contribution in [0, 0.1) is 11.6 Å². The minimum Gasteiger partial charge on any atom is -0.459 e. The number of carbonyl (C=O) groups is 3. The van der Waals surface area contributed by atoms with Crippen LogP contribution < -0.4 is 10.2 Å². The maximum Gasteiger partial charge on any atom is 0.326 e. The van der Waals surface area contributed by atoms with Crippen LogP contribution in [0.3, 0.4) is 0 Å². The van der Waals surface area contributed by atoms with Crippen molar-refractivity contribution in [1.82, 2.24) is 5.32 Å². The molecular formula is C30H32F2N2O4. The molecule has 38 heavy (non-hydrogen) atoms. The lowest BCUT2D eigenvalue weighted by Crippen LogP contribution is -2.40. The molecular weight excluding hydrogens is 490 g/mol. The second-order valence-electron chi connectivity index (χ2n) is 10.9. The fraction of sp³-hybridized carbons (Fsp3) is 0.300. The van der Waals surface area contributed by atoms with Crippen molar-refractivity contribution in [1.29, 1.82) is 0 Å². The Bertz CT molecular complexity index is 1320. The summed E-state index contributed by atoms with van der Waals surface area (Å²) in [4.78, 5) is 39.5. The zero-order valence-electron chi connectivity index (χ0n) is 22.4. The Hall–Kier alpha value is -4.07. The summed E-state index contributed by atoms with van der Waals surface area (Å²) < 4.78 is 34.4. The summed E-state index contributed by atoms with van der Waals surface area (Å²) in [6.45, 7) is 10.2. The Morgan fingerprint density at radius 2 is 1.39 bits per heavy atom. The third-order valence-electron chi connectivity index (χ3n) is 5.26. The fourth-order valence-electron chi connectivity index (χ4n) is 3.70. The minimum absolute atomic E-state index is 0.209. The SMILES string of the molecule is CC(C)(C)NC(=O)c1ccc(-c2cccc(N(CC(=O)OC(C)(C)C)C(=O)c3c(F)cccc3F)c2)cc1. The predicted molar refractivity (Wildman–Crippen MR) is 143 cm³/mol. The van der Waals surface area contributed by atoms with Crippen molar-refractivity contribution in [2.24, 2.45) is 0 Å². The van der Waals surface area contributed by atoms with Crippen LogP contribution in [0.5, 0.6) is 0 Å². The summed E-state index contributed by atoms with van der Waals surface area (Å²) in [5, 5.41) is 2.90. The summed E-state index contributed by atoms with van der Waals surface area (Å²) in [5.41, 5.74) is 0.161. The fourth-order valence-corrected chi connectivity index (χ4v) is 3.70. The van der Waals surface area contributed by atoms with Gasteiger partial charge in [-0.15, -0.1) is 0 Å². The maximum absolute atomic E-state index is 14.5. The zero-order valence-corrected chi connectivity index (χ0v) is 22.4. The number of halogens is 2. The summed E-state index contributed by atoms with van der Waals surface area (Å²) in [7, 11) is 0. The smallest absolute Gasteiger partial charge is 0.326 e. The highest BCUT2D eigenvalue weighted by Gasteiger charge is 2.28. The van der Waals surface area contributed by atoms with Gasteiger partial charge in [0.25, 0.3) is 11.8 Å². The Morgan fingerprint density at radius 3 is 1.95 bits per heavy atom. The van der Waals surface area contributed by atoms with E-state index >= 15 is 0 Å². The van der Waals surface area contributed by atoms with E-state index in [2.05, 4.69) is 5.32 Å². The molecule has 0 spiro atoms. The van der Waals surface area contributed by atoms with E-state index in [1.165, 1.54) is 0 Å². The quantitative estimate of drug-likeness (QED) is 0.394. The van der Waals surface area contributed by atoms with Crippen molar-refractivity contribution in [3.05, 3.63) is 89.5 Å². The first kappa shape index (κ1) is 28.5. The molecule has 0 aliphatic carbocycles. The summed E-state index contributed by atoms with van der Waals surface area (Å²) in [6, 6.07) is 16.6. The van der Waals surface area contributed by atoms with E-state index in [9.17, 15) is 23.2 Å². The first-order valence-electron chi connectivity index (χ1n) is 12.2. The lowest BCUT2D eigenvalue weighted by atomic mass is 10.0.